The Balaban J connectivity index is 4.11. The average molecular weight is 1150 g/mol. The van der Waals surface area contributed by atoms with Gasteiger partial charge in [0, 0.05) is 6.42 Å². The third-order valence-corrected chi connectivity index (χ3v) is 16.0. The van der Waals surface area contributed by atoms with Gasteiger partial charge in [-0.1, -0.05) is 304 Å². The molecule has 0 heterocycles. The normalized spacial score (nSPS) is 14.3. The van der Waals surface area contributed by atoms with Gasteiger partial charge >= 0.3 is 7.82 Å². The summed E-state index contributed by atoms with van der Waals surface area (Å²) in [4.78, 5) is 23.4. The van der Waals surface area contributed by atoms with E-state index in [1.54, 1.807) is 6.08 Å². The zero-order chi connectivity index (χ0) is 59.1. The lowest BCUT2D eigenvalue weighted by atomic mass is 10.0. The number of quaternary nitrogens is 1. The number of phosphoric acid groups is 1. The molecule has 3 unspecified atom stereocenters. The minimum absolute atomic E-state index is 0.0515. The van der Waals surface area contributed by atoms with Gasteiger partial charge in [0.05, 0.1) is 39.9 Å². The van der Waals surface area contributed by atoms with Gasteiger partial charge in [-0.25, -0.2) is 4.57 Å². The Morgan fingerprint density at radius 2 is 0.753 bits per heavy atom. The second kappa shape index (κ2) is 62.0. The number of amides is 1. The number of rotatable bonds is 62. The van der Waals surface area contributed by atoms with Crippen LogP contribution in [0, 0.1) is 0 Å². The van der Waals surface area contributed by atoms with Crippen LogP contribution in [-0.2, 0) is 18.4 Å². The zero-order valence-electron chi connectivity index (χ0n) is 53.8. The van der Waals surface area contributed by atoms with Gasteiger partial charge in [0.1, 0.15) is 13.2 Å². The van der Waals surface area contributed by atoms with Crippen LogP contribution in [0.25, 0.3) is 0 Å². The van der Waals surface area contributed by atoms with Gasteiger partial charge in [-0.15, -0.1) is 0 Å². The molecule has 8 nitrogen and oxygen atoms in total. The maximum Gasteiger partial charge on any atom is 0.472 e. The fourth-order valence-electron chi connectivity index (χ4n) is 9.75. The predicted molar refractivity (Wildman–Crippen MR) is 355 cm³/mol. The van der Waals surface area contributed by atoms with E-state index in [2.05, 4.69) is 104 Å². The van der Waals surface area contributed by atoms with E-state index in [0.717, 1.165) is 77.0 Å². The number of allylic oxidation sites excluding steroid dienone is 15. The van der Waals surface area contributed by atoms with E-state index >= 15 is 0 Å². The fourth-order valence-corrected chi connectivity index (χ4v) is 10.5. The van der Waals surface area contributed by atoms with E-state index in [1.165, 1.54) is 205 Å². The van der Waals surface area contributed by atoms with Gasteiger partial charge in [0.25, 0.3) is 0 Å². The van der Waals surface area contributed by atoms with Crippen molar-refractivity contribution in [1.29, 1.82) is 0 Å². The maximum absolute atomic E-state index is 13.0. The summed E-state index contributed by atoms with van der Waals surface area (Å²) in [6, 6.07) is -0.875. The number of nitrogens with zero attached hydrogens (tertiary/aromatic N) is 1. The van der Waals surface area contributed by atoms with E-state index < -0.39 is 20.0 Å². The molecule has 0 saturated heterocycles. The molecule has 9 heteroatoms. The molecule has 0 radical (unpaired) electrons. The van der Waals surface area contributed by atoms with Crippen molar-refractivity contribution < 1.29 is 32.9 Å². The quantitative estimate of drug-likeness (QED) is 0.0243. The fraction of sp³-hybridized carbons (Fsp3) is 0.764. The number of phosphoric ester groups is 1. The van der Waals surface area contributed by atoms with Crippen LogP contribution in [0.5, 0.6) is 0 Å². The van der Waals surface area contributed by atoms with Gasteiger partial charge in [-0.2, -0.15) is 0 Å². The molecule has 0 aliphatic heterocycles. The molecule has 470 valence electrons. The van der Waals surface area contributed by atoms with Crippen LogP contribution in [0.4, 0.5) is 0 Å². The number of unbranched alkanes of at least 4 members (excludes halogenated alkanes) is 35. The predicted octanol–water partition coefficient (Wildman–Crippen LogP) is 21.7. The van der Waals surface area contributed by atoms with Crippen molar-refractivity contribution in [3.05, 3.63) is 97.2 Å². The summed E-state index contributed by atoms with van der Waals surface area (Å²) >= 11 is 0. The highest BCUT2D eigenvalue weighted by atomic mass is 31.2. The molecule has 3 N–H and O–H groups in total. The number of nitrogens with one attached hydrogen (secondary N) is 1. The molecular formula is C72H132N2O6P+. The van der Waals surface area contributed by atoms with Crippen molar-refractivity contribution >= 4 is 13.7 Å². The molecule has 3 atom stereocenters. The van der Waals surface area contributed by atoms with Gasteiger partial charge in [0.15, 0.2) is 0 Å². The van der Waals surface area contributed by atoms with E-state index in [-0.39, 0.29) is 19.1 Å². The molecule has 0 bridgehead atoms. The Labute approximate surface area is 502 Å². The van der Waals surface area contributed by atoms with Crippen LogP contribution in [0.3, 0.4) is 0 Å². The first-order chi connectivity index (χ1) is 39.5. The van der Waals surface area contributed by atoms with Gasteiger partial charge in [-0.3, -0.25) is 13.8 Å². The average Bonchev–Trinajstić information content (AvgIpc) is 3.43. The molecule has 81 heavy (non-hydrogen) atoms. The summed E-state index contributed by atoms with van der Waals surface area (Å²) in [5.74, 6) is -0.189. The van der Waals surface area contributed by atoms with Crippen LogP contribution in [0.15, 0.2) is 97.2 Å². The number of hydrogen-bond donors (Lipinski definition) is 3. The van der Waals surface area contributed by atoms with Crippen molar-refractivity contribution in [2.45, 2.75) is 315 Å². The smallest absolute Gasteiger partial charge is 0.387 e. The van der Waals surface area contributed by atoms with E-state index in [0.29, 0.717) is 17.4 Å². The Hall–Kier alpha value is -2.58. The minimum atomic E-state index is -4.37. The molecule has 0 saturated carbocycles. The van der Waals surface area contributed by atoms with Crippen LogP contribution in [0.2, 0.25) is 0 Å². The van der Waals surface area contributed by atoms with Crippen molar-refractivity contribution in [3.63, 3.8) is 0 Å². The largest absolute Gasteiger partial charge is 0.472 e. The Kier molecular flexibility index (Phi) is 60.0. The lowest BCUT2D eigenvalue weighted by molar-refractivity contribution is -0.870. The molecular weight excluding hydrogens is 1020 g/mol. The van der Waals surface area contributed by atoms with E-state index in [1.807, 2.05) is 27.2 Å². The Bertz CT molecular complexity index is 1640. The summed E-state index contributed by atoms with van der Waals surface area (Å²) in [5.41, 5.74) is 0. The summed E-state index contributed by atoms with van der Waals surface area (Å²) in [5, 5.41) is 14.0. The number of aliphatic hydroxyl groups is 1. The Morgan fingerprint density at radius 1 is 0.432 bits per heavy atom. The molecule has 0 rings (SSSR count). The van der Waals surface area contributed by atoms with Crippen molar-refractivity contribution in [2.24, 2.45) is 0 Å². The number of hydrogen-bond acceptors (Lipinski definition) is 5. The van der Waals surface area contributed by atoms with Crippen LogP contribution in [0.1, 0.15) is 303 Å². The van der Waals surface area contributed by atoms with Crippen molar-refractivity contribution in [2.75, 3.05) is 40.9 Å². The van der Waals surface area contributed by atoms with Crippen molar-refractivity contribution in [1.82, 2.24) is 5.32 Å². The third kappa shape index (κ3) is 64.8. The third-order valence-electron chi connectivity index (χ3n) is 15.0. The van der Waals surface area contributed by atoms with Crippen LogP contribution < -0.4 is 5.32 Å². The van der Waals surface area contributed by atoms with E-state index in [9.17, 15) is 19.4 Å². The molecule has 0 aromatic carbocycles. The molecule has 0 fully saturated rings. The molecule has 0 aliphatic rings. The highest BCUT2D eigenvalue weighted by Gasteiger charge is 2.28. The maximum atomic E-state index is 13.0. The molecule has 0 aliphatic carbocycles. The second-order valence-electron chi connectivity index (χ2n) is 24.2. The molecule has 0 aromatic rings. The topological polar surface area (TPSA) is 105 Å². The SMILES string of the molecule is CC/C=C\C/C=C\C/C=C\C/C=C\C/C=C\CCCCCCCCCCCCCCCCCCCCCC(=O)NC(COP(=O)(O)OCC[N+](C)(C)C)C(O)/C=C/CC/C=C/CC/C=C/CCCCCCCCCCCCCCCC. The minimum Gasteiger partial charge on any atom is -0.387 e. The van der Waals surface area contributed by atoms with Crippen molar-refractivity contribution in [3.8, 4) is 0 Å². The summed E-state index contributed by atoms with van der Waals surface area (Å²) in [6.45, 7) is 4.70. The lowest BCUT2D eigenvalue weighted by Crippen LogP contribution is -2.45. The zero-order valence-corrected chi connectivity index (χ0v) is 54.6. The first kappa shape index (κ1) is 78.4. The molecule has 0 aromatic heterocycles. The van der Waals surface area contributed by atoms with Gasteiger partial charge in [-0.05, 0) is 89.9 Å². The van der Waals surface area contributed by atoms with Gasteiger partial charge < -0.3 is 19.8 Å². The van der Waals surface area contributed by atoms with Gasteiger partial charge in [0.2, 0.25) is 5.91 Å². The standard InChI is InChI=1S/C72H131N2O6P/c1-6-8-10-12-14-16-18-20-22-24-26-28-30-32-33-34-35-36-37-38-39-40-41-42-44-46-48-50-52-54-56-58-60-62-64-66-72(76)73-70(69-80-81(77,78)79-68-67-74(3,4)5)71(75)65-63-61-59-57-55-53-51-49-47-45-43-31-29-27-25-23-21-19-17-15-13-11-9-7-2/h8,10,14,16,20,22,26,28,32-33,47,49,55,57,63,65,70-71,75H,6-7,9,11-13,15,17-19,21,23-25,27,29-31,34-46,48,50-54,56,58-62,64,66-69H2,1-5H3,(H-,73,76,77,78)/p+1/b10-8-,16-14-,22-20-,28-26-,33-32-,49-47+,57-55+,65-63+. The number of aliphatic hydroxyl groups excluding tert-OH is 1. The molecule has 0 spiro atoms. The number of carbonyl (C=O) groups is 1. The molecule has 1 amide bonds. The summed E-state index contributed by atoms with van der Waals surface area (Å²) in [7, 11) is 1.55. The first-order valence-electron chi connectivity index (χ1n) is 34.1. The summed E-state index contributed by atoms with van der Waals surface area (Å²) < 4.78 is 23.8. The monoisotopic (exact) mass is 1150 g/mol. The number of carbonyl (C=O) groups excluding carboxylic acids is 1. The number of likely N-dealkylation sites (N-methyl/N-ethyl adjacent to an activating group) is 1. The second-order valence-corrected chi connectivity index (χ2v) is 25.6. The highest BCUT2D eigenvalue weighted by Crippen LogP contribution is 2.43. The van der Waals surface area contributed by atoms with Crippen LogP contribution in [-0.4, -0.2) is 73.4 Å². The lowest BCUT2D eigenvalue weighted by Gasteiger charge is -2.25. The van der Waals surface area contributed by atoms with E-state index in [4.69, 9.17) is 9.05 Å². The summed E-state index contributed by atoms with van der Waals surface area (Å²) in [6.07, 6.45) is 89.8. The van der Waals surface area contributed by atoms with Crippen LogP contribution >= 0.6 is 7.82 Å². The Morgan fingerprint density at radius 3 is 1.14 bits per heavy atom. The highest BCUT2D eigenvalue weighted by molar-refractivity contribution is 7.47. The first-order valence-corrected chi connectivity index (χ1v) is 35.6.